The standard InChI is InChI=1S/C23H24N4O2S/c1-26(2)22-11-7-20(8-12-22)24-25-21-9-13-23(14-10-21)30(28,29)27-16-15-18-5-3-4-6-19(18)17-27/h3-14H,15-17H2,1-2H3. The highest BCUT2D eigenvalue weighted by atomic mass is 32.2. The Bertz CT molecular complexity index is 1150. The first-order chi connectivity index (χ1) is 14.4. The summed E-state index contributed by atoms with van der Waals surface area (Å²) in [5, 5.41) is 8.45. The van der Waals surface area contributed by atoms with E-state index in [1.54, 1.807) is 24.3 Å². The number of fused-ring (bicyclic) bond motifs is 1. The molecule has 4 rings (SSSR count). The fraction of sp³-hybridized carbons (Fsp3) is 0.217. The van der Waals surface area contributed by atoms with Crippen LogP contribution in [0.3, 0.4) is 0 Å². The average Bonchev–Trinajstić information content (AvgIpc) is 2.78. The lowest BCUT2D eigenvalue weighted by Crippen LogP contribution is -2.35. The third-order valence-corrected chi connectivity index (χ3v) is 7.08. The van der Waals surface area contributed by atoms with Gasteiger partial charge >= 0.3 is 0 Å². The molecule has 30 heavy (non-hydrogen) atoms. The number of hydrogen-bond acceptors (Lipinski definition) is 5. The molecule has 0 unspecified atom stereocenters. The van der Waals surface area contributed by atoms with Gasteiger partial charge in [-0.3, -0.25) is 0 Å². The minimum Gasteiger partial charge on any atom is -0.378 e. The fourth-order valence-electron chi connectivity index (χ4n) is 3.44. The van der Waals surface area contributed by atoms with E-state index in [-0.39, 0.29) is 4.90 Å². The van der Waals surface area contributed by atoms with E-state index in [0.29, 0.717) is 18.8 Å². The summed E-state index contributed by atoms with van der Waals surface area (Å²) in [6.45, 7) is 0.895. The second-order valence-electron chi connectivity index (χ2n) is 7.46. The summed E-state index contributed by atoms with van der Waals surface area (Å²) in [7, 11) is 0.417. The highest BCUT2D eigenvalue weighted by Crippen LogP contribution is 2.27. The topological polar surface area (TPSA) is 65.3 Å². The second-order valence-corrected chi connectivity index (χ2v) is 9.40. The van der Waals surface area contributed by atoms with Crippen LogP contribution in [0.1, 0.15) is 11.1 Å². The molecule has 0 bridgehead atoms. The molecule has 0 spiro atoms. The van der Waals surface area contributed by atoms with Crippen LogP contribution < -0.4 is 4.90 Å². The molecule has 0 N–H and O–H groups in total. The monoisotopic (exact) mass is 420 g/mol. The molecule has 1 aliphatic rings. The molecule has 0 atom stereocenters. The van der Waals surface area contributed by atoms with Crippen molar-refractivity contribution in [2.75, 3.05) is 25.5 Å². The lowest BCUT2D eigenvalue weighted by atomic mass is 10.0. The van der Waals surface area contributed by atoms with Crippen LogP contribution >= 0.6 is 0 Å². The molecular formula is C23H24N4O2S. The normalized spacial score (nSPS) is 14.6. The van der Waals surface area contributed by atoms with E-state index in [2.05, 4.69) is 16.3 Å². The Morgan fingerprint density at radius 3 is 1.97 bits per heavy atom. The number of hydrogen-bond donors (Lipinski definition) is 0. The SMILES string of the molecule is CN(C)c1ccc(N=Nc2ccc(S(=O)(=O)N3CCc4ccccc4C3)cc2)cc1. The number of sulfonamides is 1. The summed E-state index contributed by atoms with van der Waals surface area (Å²) in [5.41, 5.74) is 4.72. The van der Waals surface area contributed by atoms with Crippen molar-refractivity contribution in [2.45, 2.75) is 17.9 Å². The smallest absolute Gasteiger partial charge is 0.243 e. The maximum Gasteiger partial charge on any atom is 0.243 e. The van der Waals surface area contributed by atoms with Crippen molar-refractivity contribution in [3.05, 3.63) is 83.9 Å². The lowest BCUT2D eigenvalue weighted by molar-refractivity contribution is 0.391. The van der Waals surface area contributed by atoms with E-state index in [4.69, 9.17) is 0 Å². The summed E-state index contributed by atoms with van der Waals surface area (Å²) < 4.78 is 27.6. The highest BCUT2D eigenvalue weighted by molar-refractivity contribution is 7.89. The van der Waals surface area contributed by atoms with Gasteiger partial charge in [-0.25, -0.2) is 8.42 Å². The lowest BCUT2D eigenvalue weighted by Gasteiger charge is -2.28. The molecule has 154 valence electrons. The zero-order valence-electron chi connectivity index (χ0n) is 17.1. The van der Waals surface area contributed by atoms with Gasteiger partial charge in [0, 0.05) is 32.9 Å². The Morgan fingerprint density at radius 1 is 0.800 bits per heavy atom. The summed E-state index contributed by atoms with van der Waals surface area (Å²) in [5.74, 6) is 0. The molecular weight excluding hydrogens is 396 g/mol. The van der Waals surface area contributed by atoms with Crippen molar-refractivity contribution < 1.29 is 8.42 Å². The summed E-state index contributed by atoms with van der Waals surface area (Å²) >= 11 is 0. The molecule has 1 heterocycles. The second kappa shape index (κ2) is 8.38. The quantitative estimate of drug-likeness (QED) is 0.551. The maximum absolute atomic E-state index is 13.0. The Balaban J connectivity index is 1.47. The van der Waals surface area contributed by atoms with Crippen LogP contribution in [0.4, 0.5) is 17.1 Å². The van der Waals surface area contributed by atoms with E-state index in [1.807, 2.05) is 61.5 Å². The van der Waals surface area contributed by atoms with E-state index in [1.165, 1.54) is 9.87 Å². The third-order valence-electron chi connectivity index (χ3n) is 5.22. The van der Waals surface area contributed by atoms with Crippen molar-refractivity contribution >= 4 is 27.1 Å². The molecule has 0 saturated heterocycles. The maximum atomic E-state index is 13.0. The van der Waals surface area contributed by atoms with E-state index in [0.717, 1.165) is 23.4 Å². The van der Waals surface area contributed by atoms with Crippen LogP contribution in [0, 0.1) is 0 Å². The summed E-state index contributed by atoms with van der Waals surface area (Å²) in [4.78, 5) is 2.29. The van der Waals surface area contributed by atoms with Crippen molar-refractivity contribution in [1.82, 2.24) is 4.31 Å². The zero-order valence-corrected chi connectivity index (χ0v) is 17.9. The number of anilines is 1. The molecule has 0 fully saturated rings. The molecule has 3 aromatic rings. The Morgan fingerprint density at radius 2 is 1.37 bits per heavy atom. The van der Waals surface area contributed by atoms with E-state index >= 15 is 0 Å². The third kappa shape index (κ3) is 4.27. The van der Waals surface area contributed by atoms with Crippen molar-refractivity contribution in [1.29, 1.82) is 0 Å². The summed E-state index contributed by atoms with van der Waals surface area (Å²) in [6.07, 6.45) is 0.730. The first-order valence-electron chi connectivity index (χ1n) is 9.79. The van der Waals surface area contributed by atoms with Gasteiger partial charge in [-0.2, -0.15) is 14.5 Å². The van der Waals surface area contributed by atoms with Gasteiger partial charge in [0.2, 0.25) is 10.0 Å². The van der Waals surface area contributed by atoms with Gasteiger partial charge in [0.1, 0.15) is 0 Å². The minimum absolute atomic E-state index is 0.274. The van der Waals surface area contributed by atoms with E-state index in [9.17, 15) is 8.42 Å². The van der Waals surface area contributed by atoms with Gasteiger partial charge < -0.3 is 4.90 Å². The molecule has 0 aliphatic carbocycles. The predicted octanol–water partition coefficient (Wildman–Crippen LogP) is 4.92. The molecule has 0 saturated carbocycles. The van der Waals surface area contributed by atoms with Gasteiger partial charge in [-0.1, -0.05) is 24.3 Å². The number of azo groups is 1. The first kappa shape index (κ1) is 20.3. The average molecular weight is 421 g/mol. The first-order valence-corrected chi connectivity index (χ1v) is 11.2. The summed E-state index contributed by atoms with van der Waals surface area (Å²) in [6, 6.07) is 22.3. The van der Waals surface area contributed by atoms with Crippen LogP contribution in [-0.2, 0) is 23.0 Å². The van der Waals surface area contributed by atoms with Crippen LogP contribution in [0.25, 0.3) is 0 Å². The minimum atomic E-state index is -3.55. The largest absolute Gasteiger partial charge is 0.378 e. The fourth-order valence-corrected chi connectivity index (χ4v) is 4.86. The van der Waals surface area contributed by atoms with Crippen LogP contribution in [0.15, 0.2) is 87.9 Å². The molecule has 0 radical (unpaired) electrons. The number of rotatable bonds is 5. The number of benzene rings is 3. The van der Waals surface area contributed by atoms with Gasteiger partial charge in [0.25, 0.3) is 0 Å². The van der Waals surface area contributed by atoms with Crippen LogP contribution in [0.5, 0.6) is 0 Å². The van der Waals surface area contributed by atoms with Crippen molar-refractivity contribution in [2.24, 2.45) is 10.2 Å². The molecule has 6 nitrogen and oxygen atoms in total. The van der Waals surface area contributed by atoms with Gasteiger partial charge in [0.05, 0.1) is 16.3 Å². The zero-order chi connectivity index (χ0) is 21.1. The Kier molecular flexibility index (Phi) is 5.65. The molecule has 3 aromatic carbocycles. The molecule has 0 aromatic heterocycles. The number of nitrogens with zero attached hydrogens (tertiary/aromatic N) is 4. The Hall–Kier alpha value is -3.03. The Labute approximate surface area is 177 Å². The van der Waals surface area contributed by atoms with Crippen LogP contribution in [0.2, 0.25) is 0 Å². The van der Waals surface area contributed by atoms with Crippen molar-refractivity contribution in [3.63, 3.8) is 0 Å². The molecule has 0 amide bonds. The van der Waals surface area contributed by atoms with Crippen LogP contribution in [-0.4, -0.2) is 33.4 Å². The highest BCUT2D eigenvalue weighted by Gasteiger charge is 2.28. The molecule has 1 aliphatic heterocycles. The van der Waals surface area contributed by atoms with Gasteiger partial charge in [-0.15, -0.1) is 0 Å². The van der Waals surface area contributed by atoms with Crippen molar-refractivity contribution in [3.8, 4) is 0 Å². The van der Waals surface area contributed by atoms with Gasteiger partial charge in [-0.05, 0) is 66.1 Å². The van der Waals surface area contributed by atoms with Gasteiger partial charge in [0.15, 0.2) is 0 Å². The molecule has 7 heteroatoms. The van der Waals surface area contributed by atoms with E-state index < -0.39 is 10.0 Å². The predicted molar refractivity (Wildman–Crippen MR) is 119 cm³/mol.